The van der Waals surface area contributed by atoms with Crippen LogP contribution in [-0.4, -0.2) is 48.3 Å². The van der Waals surface area contributed by atoms with Gasteiger partial charge in [-0.25, -0.2) is 0 Å². The molecule has 0 spiro atoms. The number of nitrogens with two attached hydrogens (primary N) is 1. The summed E-state index contributed by atoms with van der Waals surface area (Å²) in [6.07, 6.45) is 0.547. The first-order valence-corrected chi connectivity index (χ1v) is 14.6. The number of hydrogen-bond donors (Lipinski definition) is 4. The highest BCUT2D eigenvalue weighted by molar-refractivity contribution is 14.1. The van der Waals surface area contributed by atoms with E-state index in [0.29, 0.717) is 47.8 Å². The number of nitrogens with one attached hydrogen (secondary N) is 2. The molecule has 4 rings (SSSR count). The van der Waals surface area contributed by atoms with Gasteiger partial charge in [-0.05, 0) is 89.0 Å². The largest absolute Gasteiger partial charge is 0.508 e. The van der Waals surface area contributed by atoms with E-state index in [2.05, 4.69) is 33.2 Å². The number of phenolic OH excluding ortho intramolecular Hbond substituents is 1. The summed E-state index contributed by atoms with van der Waals surface area (Å²) >= 11 is 3.51. The molecule has 0 aliphatic carbocycles. The van der Waals surface area contributed by atoms with Crippen molar-refractivity contribution in [1.82, 2.24) is 10.6 Å². The number of methoxy groups -OCH3 is 1. The highest BCUT2D eigenvalue weighted by Crippen LogP contribution is 2.48. The molecular weight excluding hydrogens is 645 g/mol. The van der Waals surface area contributed by atoms with Crippen LogP contribution in [-0.2, 0) is 20.9 Å². The summed E-state index contributed by atoms with van der Waals surface area (Å²) in [6.45, 7) is 2.79. The Bertz CT molecular complexity index is 1420. The number of aromatic hydroxyl groups is 1. The monoisotopic (exact) mass is 675 g/mol. The first-order chi connectivity index (χ1) is 19.2. The topological polar surface area (TPSA) is 140 Å². The number of carbonyl (C=O) groups is 3. The molecule has 0 saturated carbocycles. The van der Waals surface area contributed by atoms with Gasteiger partial charge in [0.1, 0.15) is 10.6 Å². The highest BCUT2D eigenvalue weighted by Gasteiger charge is 2.48. The summed E-state index contributed by atoms with van der Waals surface area (Å²) in [7, 11) is 1.59. The van der Waals surface area contributed by atoms with E-state index >= 15 is 0 Å². The first kappa shape index (κ1) is 29.5. The Balaban J connectivity index is 1.48. The lowest BCUT2D eigenvalue weighted by Crippen LogP contribution is -2.39. The third kappa shape index (κ3) is 6.47. The zero-order valence-corrected chi connectivity index (χ0v) is 25.0. The predicted molar refractivity (Wildman–Crippen MR) is 162 cm³/mol. The third-order valence-corrected chi connectivity index (χ3v) is 9.05. The lowest BCUT2D eigenvalue weighted by atomic mass is 9.95. The van der Waals surface area contributed by atoms with Crippen LogP contribution >= 0.6 is 34.4 Å². The second kappa shape index (κ2) is 12.8. The van der Waals surface area contributed by atoms with Crippen LogP contribution in [0.3, 0.4) is 0 Å². The van der Waals surface area contributed by atoms with Gasteiger partial charge in [-0.2, -0.15) is 0 Å². The molecule has 0 bridgehead atoms. The van der Waals surface area contributed by atoms with Gasteiger partial charge in [0.05, 0.1) is 19.0 Å². The van der Waals surface area contributed by atoms with Gasteiger partial charge >= 0.3 is 0 Å². The molecule has 1 aliphatic heterocycles. The standard InChI is InChI=1S/C29H30IN3O6S/c1-3-39-24-14-17(22(30)15-23(24)38-2)11-12-32-26(35)16-25-28(37)33-29(40-25,19-7-9-21(34)10-8-19)20-6-4-5-18(13-20)27(31)36/h4-10,13-15,25,34H,3,11-12,16H2,1-2H3,(H2,31,36)(H,32,35)(H,33,37)/t25-,29-/m0/s1. The average molecular weight is 676 g/mol. The minimum atomic E-state index is -1.07. The smallest absolute Gasteiger partial charge is 0.248 e. The predicted octanol–water partition coefficient (Wildman–Crippen LogP) is 3.68. The number of phenols is 1. The zero-order chi connectivity index (χ0) is 28.9. The van der Waals surface area contributed by atoms with Crippen LogP contribution in [0.15, 0.2) is 60.7 Å². The molecule has 5 N–H and O–H groups in total. The lowest BCUT2D eigenvalue weighted by molar-refractivity contribution is -0.125. The van der Waals surface area contributed by atoms with Crippen LogP contribution in [0.2, 0.25) is 0 Å². The first-order valence-electron chi connectivity index (χ1n) is 12.6. The molecule has 11 heteroatoms. The third-order valence-electron chi connectivity index (χ3n) is 6.46. The molecular formula is C29H30IN3O6S. The molecule has 1 heterocycles. The van der Waals surface area contributed by atoms with Crippen molar-refractivity contribution >= 4 is 52.1 Å². The van der Waals surface area contributed by atoms with Crippen molar-refractivity contribution in [2.75, 3.05) is 20.3 Å². The maximum Gasteiger partial charge on any atom is 0.248 e. The van der Waals surface area contributed by atoms with Gasteiger partial charge < -0.3 is 30.9 Å². The van der Waals surface area contributed by atoms with Gasteiger partial charge in [-0.1, -0.05) is 24.3 Å². The molecule has 0 radical (unpaired) electrons. The number of carbonyl (C=O) groups excluding carboxylic acids is 3. The molecule has 0 unspecified atom stereocenters. The van der Waals surface area contributed by atoms with Crippen LogP contribution in [0.5, 0.6) is 17.2 Å². The molecule has 2 atom stereocenters. The Labute approximate surface area is 250 Å². The highest BCUT2D eigenvalue weighted by atomic mass is 127. The molecule has 210 valence electrons. The van der Waals surface area contributed by atoms with E-state index in [1.165, 1.54) is 23.9 Å². The summed E-state index contributed by atoms with van der Waals surface area (Å²) in [5.74, 6) is 0.235. The Morgan fingerprint density at radius 1 is 1.12 bits per heavy atom. The zero-order valence-electron chi connectivity index (χ0n) is 22.0. The molecule has 1 aliphatic rings. The average Bonchev–Trinajstić information content (AvgIpc) is 3.27. The number of primary amides is 1. The fraction of sp³-hybridized carbons (Fsp3) is 0.276. The fourth-order valence-electron chi connectivity index (χ4n) is 4.49. The van der Waals surface area contributed by atoms with Crippen molar-refractivity contribution in [3.63, 3.8) is 0 Å². The maximum atomic E-state index is 13.2. The van der Waals surface area contributed by atoms with E-state index in [4.69, 9.17) is 15.2 Å². The summed E-state index contributed by atoms with van der Waals surface area (Å²) < 4.78 is 12.1. The quantitative estimate of drug-likeness (QED) is 0.228. The van der Waals surface area contributed by atoms with Gasteiger partial charge in [0, 0.05) is 22.1 Å². The van der Waals surface area contributed by atoms with Crippen LogP contribution < -0.4 is 25.8 Å². The van der Waals surface area contributed by atoms with Crippen LogP contribution in [0.1, 0.15) is 40.4 Å². The van der Waals surface area contributed by atoms with E-state index in [1.54, 1.807) is 43.5 Å². The van der Waals surface area contributed by atoms with Crippen molar-refractivity contribution < 1.29 is 29.0 Å². The Morgan fingerprint density at radius 2 is 1.88 bits per heavy atom. The summed E-state index contributed by atoms with van der Waals surface area (Å²) in [5.41, 5.74) is 8.14. The fourth-order valence-corrected chi connectivity index (χ4v) is 6.72. The van der Waals surface area contributed by atoms with Gasteiger partial charge in [-0.15, -0.1) is 11.8 Å². The molecule has 1 fully saturated rings. The summed E-state index contributed by atoms with van der Waals surface area (Å²) in [4.78, 5) is 36.9. The van der Waals surface area contributed by atoms with E-state index < -0.39 is 16.0 Å². The van der Waals surface area contributed by atoms with E-state index in [0.717, 1.165) is 9.13 Å². The van der Waals surface area contributed by atoms with Crippen molar-refractivity contribution in [2.24, 2.45) is 5.73 Å². The lowest BCUT2D eigenvalue weighted by Gasteiger charge is -2.30. The molecule has 1 saturated heterocycles. The van der Waals surface area contributed by atoms with Gasteiger partial charge in [0.25, 0.3) is 0 Å². The minimum absolute atomic E-state index is 0.0320. The van der Waals surface area contributed by atoms with Crippen LogP contribution in [0.4, 0.5) is 0 Å². The van der Waals surface area contributed by atoms with Gasteiger partial charge in [0.2, 0.25) is 17.7 Å². The Hall–Kier alpha value is -3.45. The van der Waals surface area contributed by atoms with Crippen LogP contribution in [0.25, 0.3) is 0 Å². The number of rotatable bonds is 11. The van der Waals surface area contributed by atoms with E-state index in [1.807, 2.05) is 19.1 Å². The molecule has 3 amide bonds. The number of hydrogen-bond acceptors (Lipinski definition) is 7. The second-order valence-electron chi connectivity index (χ2n) is 9.10. The minimum Gasteiger partial charge on any atom is -0.508 e. The molecule has 3 aromatic carbocycles. The maximum absolute atomic E-state index is 13.2. The Kier molecular flexibility index (Phi) is 9.46. The number of thioether (sulfide) groups is 1. The molecule has 40 heavy (non-hydrogen) atoms. The van der Waals surface area contributed by atoms with E-state index in [-0.39, 0.29) is 24.0 Å². The van der Waals surface area contributed by atoms with Gasteiger partial charge in [-0.3, -0.25) is 14.4 Å². The van der Waals surface area contributed by atoms with Crippen LogP contribution in [0, 0.1) is 3.57 Å². The van der Waals surface area contributed by atoms with Crippen molar-refractivity contribution in [2.45, 2.75) is 29.9 Å². The number of amides is 3. The van der Waals surface area contributed by atoms with Crippen molar-refractivity contribution in [3.8, 4) is 17.2 Å². The van der Waals surface area contributed by atoms with Crippen molar-refractivity contribution in [3.05, 3.63) is 86.5 Å². The number of ether oxygens (including phenoxy) is 2. The SMILES string of the molecule is CCOc1cc(CCNC(=O)C[C@@H]2S[C@@](c3ccc(O)cc3)(c3cccc(C(N)=O)c3)NC2=O)c(I)cc1OC. The summed E-state index contributed by atoms with van der Waals surface area (Å²) in [5, 5.41) is 15.1. The molecule has 0 aromatic heterocycles. The van der Waals surface area contributed by atoms with E-state index in [9.17, 15) is 19.5 Å². The Morgan fingerprint density at radius 3 is 2.55 bits per heavy atom. The van der Waals surface area contributed by atoms with Gasteiger partial charge in [0.15, 0.2) is 11.5 Å². The summed E-state index contributed by atoms with van der Waals surface area (Å²) in [6, 6.07) is 17.0. The number of benzene rings is 3. The molecule has 3 aromatic rings. The van der Waals surface area contributed by atoms with Crippen molar-refractivity contribution in [1.29, 1.82) is 0 Å². The number of halogens is 1. The molecule has 9 nitrogen and oxygen atoms in total. The second-order valence-corrected chi connectivity index (χ2v) is 11.7. The normalized spacial score (nSPS) is 18.2.